The Morgan fingerprint density at radius 3 is 2.40 bits per heavy atom. The molecule has 1 aromatic carbocycles. The van der Waals surface area contributed by atoms with Crippen LogP contribution in [0.4, 0.5) is 10.1 Å². The van der Waals surface area contributed by atoms with E-state index in [1.54, 1.807) is 16.9 Å². The molecule has 1 fully saturated rings. The standard InChI is InChI=1S/C18H17FN4OS/c19-16-3-6-18(20-12-16)23-13-15(11-21-23)14-1-4-17(5-2-14)22-7-9-25(24)10-8-22/h1-6,11-13H,7-10H2. The van der Waals surface area contributed by atoms with E-state index in [-0.39, 0.29) is 5.82 Å². The van der Waals surface area contributed by atoms with Gasteiger partial charge in [0.05, 0.1) is 12.4 Å². The highest BCUT2D eigenvalue weighted by Crippen LogP contribution is 2.24. The van der Waals surface area contributed by atoms with Crippen LogP contribution >= 0.6 is 0 Å². The van der Waals surface area contributed by atoms with E-state index in [4.69, 9.17) is 0 Å². The normalized spacial score (nSPS) is 15.5. The molecule has 1 aliphatic rings. The molecule has 25 heavy (non-hydrogen) atoms. The Morgan fingerprint density at radius 2 is 1.72 bits per heavy atom. The van der Waals surface area contributed by atoms with Gasteiger partial charge in [0.25, 0.3) is 0 Å². The van der Waals surface area contributed by atoms with E-state index in [0.29, 0.717) is 5.82 Å². The zero-order chi connectivity index (χ0) is 17.2. The molecular weight excluding hydrogens is 339 g/mol. The lowest BCUT2D eigenvalue weighted by Crippen LogP contribution is -2.37. The molecule has 3 aromatic rings. The van der Waals surface area contributed by atoms with Gasteiger partial charge in [-0.05, 0) is 29.8 Å². The Bertz CT molecular complexity index is 882. The second-order valence-electron chi connectivity index (χ2n) is 5.89. The lowest BCUT2D eigenvalue weighted by Gasteiger charge is -2.28. The maximum Gasteiger partial charge on any atom is 0.153 e. The Balaban J connectivity index is 1.52. The Morgan fingerprint density at radius 1 is 0.960 bits per heavy atom. The monoisotopic (exact) mass is 356 g/mol. The van der Waals surface area contributed by atoms with E-state index in [1.165, 1.54) is 12.3 Å². The van der Waals surface area contributed by atoms with E-state index < -0.39 is 10.8 Å². The van der Waals surface area contributed by atoms with Crippen LogP contribution in [0.25, 0.3) is 16.9 Å². The van der Waals surface area contributed by atoms with Crippen molar-refractivity contribution in [3.63, 3.8) is 0 Å². The van der Waals surface area contributed by atoms with Crippen LogP contribution in [-0.4, -0.2) is 43.6 Å². The number of hydrogen-bond acceptors (Lipinski definition) is 4. The van der Waals surface area contributed by atoms with E-state index in [2.05, 4.69) is 39.2 Å². The van der Waals surface area contributed by atoms with Crippen LogP contribution < -0.4 is 4.90 Å². The smallest absolute Gasteiger partial charge is 0.153 e. The minimum atomic E-state index is -0.668. The van der Waals surface area contributed by atoms with Gasteiger partial charge in [-0.15, -0.1) is 0 Å². The molecule has 2 aromatic heterocycles. The predicted octanol–water partition coefficient (Wildman–Crippen LogP) is 2.64. The van der Waals surface area contributed by atoms with Crippen molar-refractivity contribution < 1.29 is 8.60 Å². The number of aromatic nitrogens is 3. The van der Waals surface area contributed by atoms with Crippen LogP contribution in [0.5, 0.6) is 0 Å². The largest absolute Gasteiger partial charge is 0.370 e. The van der Waals surface area contributed by atoms with E-state index >= 15 is 0 Å². The molecule has 0 atom stereocenters. The molecule has 7 heteroatoms. The van der Waals surface area contributed by atoms with Crippen molar-refractivity contribution in [3.05, 3.63) is 60.8 Å². The zero-order valence-corrected chi connectivity index (χ0v) is 14.3. The van der Waals surface area contributed by atoms with Crippen molar-refractivity contribution in [2.24, 2.45) is 0 Å². The minimum Gasteiger partial charge on any atom is -0.370 e. The van der Waals surface area contributed by atoms with Crippen LogP contribution in [0, 0.1) is 5.82 Å². The molecule has 0 N–H and O–H groups in total. The number of pyridine rings is 1. The highest BCUT2D eigenvalue weighted by Gasteiger charge is 2.15. The minimum absolute atomic E-state index is 0.367. The third kappa shape index (κ3) is 3.46. The third-order valence-corrected chi connectivity index (χ3v) is 5.55. The van der Waals surface area contributed by atoms with Crippen LogP contribution in [0.2, 0.25) is 0 Å². The molecule has 128 valence electrons. The molecule has 1 aliphatic heterocycles. The summed E-state index contributed by atoms with van der Waals surface area (Å²) in [5.74, 6) is 1.68. The topological polar surface area (TPSA) is 51.0 Å². The van der Waals surface area contributed by atoms with Crippen molar-refractivity contribution in [1.29, 1.82) is 0 Å². The highest BCUT2D eigenvalue weighted by molar-refractivity contribution is 7.85. The van der Waals surface area contributed by atoms with Crippen molar-refractivity contribution in [2.45, 2.75) is 0 Å². The summed E-state index contributed by atoms with van der Waals surface area (Å²) in [4.78, 5) is 6.29. The molecule has 0 radical (unpaired) electrons. The van der Waals surface area contributed by atoms with Gasteiger partial charge in [-0.3, -0.25) is 4.21 Å². The fraction of sp³-hybridized carbons (Fsp3) is 0.222. The SMILES string of the molecule is O=S1CCN(c2ccc(-c3cnn(-c4ccc(F)cn4)c3)cc2)CC1. The van der Waals surface area contributed by atoms with Gasteiger partial charge in [0.15, 0.2) is 5.82 Å². The Hall–Kier alpha value is -2.54. The summed E-state index contributed by atoms with van der Waals surface area (Å²) in [6.07, 6.45) is 4.82. The first-order valence-electron chi connectivity index (χ1n) is 8.06. The van der Waals surface area contributed by atoms with Crippen molar-refractivity contribution in [1.82, 2.24) is 14.8 Å². The number of nitrogens with zero attached hydrogens (tertiary/aromatic N) is 4. The number of halogens is 1. The van der Waals surface area contributed by atoms with Crippen LogP contribution in [0.3, 0.4) is 0 Å². The lowest BCUT2D eigenvalue weighted by molar-refractivity contribution is 0.619. The number of rotatable bonds is 3. The van der Waals surface area contributed by atoms with Gasteiger partial charge < -0.3 is 4.90 Å². The number of benzene rings is 1. The molecule has 0 bridgehead atoms. The average Bonchev–Trinajstić information content (AvgIpc) is 3.13. The summed E-state index contributed by atoms with van der Waals surface area (Å²) in [5, 5.41) is 4.30. The van der Waals surface area contributed by atoms with E-state index in [9.17, 15) is 8.60 Å². The highest BCUT2D eigenvalue weighted by atomic mass is 32.2. The summed E-state index contributed by atoms with van der Waals surface area (Å²) in [5.41, 5.74) is 3.17. The average molecular weight is 356 g/mol. The quantitative estimate of drug-likeness (QED) is 0.724. The van der Waals surface area contributed by atoms with Gasteiger partial charge in [0, 0.05) is 52.8 Å². The van der Waals surface area contributed by atoms with E-state index in [1.807, 2.05) is 6.20 Å². The summed E-state index contributed by atoms with van der Waals surface area (Å²) >= 11 is 0. The van der Waals surface area contributed by atoms with E-state index in [0.717, 1.165) is 41.4 Å². The Labute approximate surface area is 147 Å². The van der Waals surface area contributed by atoms with Crippen molar-refractivity contribution >= 4 is 16.5 Å². The first kappa shape index (κ1) is 16.0. The summed E-state index contributed by atoms with van der Waals surface area (Å²) in [6.45, 7) is 1.67. The lowest BCUT2D eigenvalue weighted by atomic mass is 10.1. The van der Waals surface area contributed by atoms with Gasteiger partial charge >= 0.3 is 0 Å². The van der Waals surface area contributed by atoms with Gasteiger partial charge in [0.2, 0.25) is 0 Å². The molecule has 0 spiro atoms. The van der Waals surface area contributed by atoms with Crippen molar-refractivity contribution in [3.8, 4) is 16.9 Å². The molecule has 3 heterocycles. The molecule has 4 rings (SSSR count). The molecule has 1 saturated heterocycles. The first-order valence-corrected chi connectivity index (χ1v) is 9.55. The van der Waals surface area contributed by atoms with Gasteiger partial charge in [0.1, 0.15) is 5.82 Å². The van der Waals surface area contributed by atoms with Crippen LogP contribution in [0.1, 0.15) is 0 Å². The first-order chi connectivity index (χ1) is 12.2. The molecule has 0 amide bonds. The third-order valence-electron chi connectivity index (χ3n) is 4.27. The molecule has 0 aliphatic carbocycles. The fourth-order valence-corrected chi connectivity index (χ4v) is 3.91. The summed E-state index contributed by atoms with van der Waals surface area (Å²) in [7, 11) is -0.668. The number of hydrogen-bond donors (Lipinski definition) is 0. The molecule has 5 nitrogen and oxygen atoms in total. The maximum absolute atomic E-state index is 13.0. The van der Waals surface area contributed by atoms with Gasteiger partial charge in [-0.1, -0.05) is 12.1 Å². The second kappa shape index (κ2) is 6.76. The summed E-state index contributed by atoms with van der Waals surface area (Å²) in [6, 6.07) is 11.2. The van der Waals surface area contributed by atoms with Crippen molar-refractivity contribution in [2.75, 3.05) is 29.5 Å². The van der Waals surface area contributed by atoms with Crippen LogP contribution in [0.15, 0.2) is 55.0 Å². The summed E-state index contributed by atoms with van der Waals surface area (Å²) < 4.78 is 26.1. The maximum atomic E-state index is 13.0. The second-order valence-corrected chi connectivity index (χ2v) is 7.59. The molecule has 0 saturated carbocycles. The fourth-order valence-electron chi connectivity index (χ4n) is 2.86. The number of anilines is 1. The molecular formula is C18H17FN4OS. The molecule has 0 unspecified atom stereocenters. The zero-order valence-electron chi connectivity index (χ0n) is 13.5. The van der Waals surface area contributed by atoms with Gasteiger partial charge in [-0.25, -0.2) is 14.1 Å². The predicted molar refractivity (Wildman–Crippen MR) is 96.8 cm³/mol. The van der Waals surface area contributed by atoms with Crippen LogP contribution in [-0.2, 0) is 10.8 Å². The Kier molecular flexibility index (Phi) is 4.31. The van der Waals surface area contributed by atoms with Gasteiger partial charge in [-0.2, -0.15) is 5.10 Å².